The fourth-order valence-electron chi connectivity index (χ4n) is 1.42. The maximum Gasteiger partial charge on any atom is 0.411 e. The van der Waals surface area contributed by atoms with Crippen LogP contribution in [0.4, 0.5) is 4.79 Å². The number of carbonyl (C=O) groups is 1. The zero-order chi connectivity index (χ0) is 12.2. The predicted octanol–water partition coefficient (Wildman–Crippen LogP) is 0.966. The maximum absolute atomic E-state index is 11.7. The van der Waals surface area contributed by atoms with Gasteiger partial charge in [0.1, 0.15) is 6.07 Å². The van der Waals surface area contributed by atoms with Crippen molar-refractivity contribution in [1.82, 2.24) is 10.2 Å². The molecular weight excluding hydrogens is 206 g/mol. The van der Waals surface area contributed by atoms with Gasteiger partial charge in [0.2, 0.25) is 0 Å². The molecule has 5 heteroatoms. The number of ether oxygens (including phenoxy) is 1. The highest BCUT2D eigenvalue weighted by Crippen LogP contribution is 2.22. The average molecular weight is 225 g/mol. The molecule has 1 aliphatic heterocycles. The van der Waals surface area contributed by atoms with Gasteiger partial charge in [0.15, 0.2) is 6.10 Å². The lowest BCUT2D eigenvalue weighted by atomic mass is 9.90. The Kier molecular flexibility index (Phi) is 4.13. The van der Waals surface area contributed by atoms with Crippen LogP contribution in [0.15, 0.2) is 0 Å². The van der Waals surface area contributed by atoms with E-state index in [1.165, 1.54) is 0 Å². The van der Waals surface area contributed by atoms with Crippen molar-refractivity contribution >= 4 is 6.09 Å². The zero-order valence-corrected chi connectivity index (χ0v) is 10.1. The molecule has 16 heavy (non-hydrogen) atoms. The maximum atomic E-state index is 11.7. The van der Waals surface area contributed by atoms with Gasteiger partial charge in [-0.1, -0.05) is 20.8 Å². The second-order valence-electron chi connectivity index (χ2n) is 5.00. The van der Waals surface area contributed by atoms with E-state index in [4.69, 9.17) is 10.00 Å². The van der Waals surface area contributed by atoms with Gasteiger partial charge in [0, 0.05) is 31.6 Å². The average Bonchev–Trinajstić information content (AvgIpc) is 2.25. The SMILES string of the molecule is CC(C)(C)C(C#N)OC(=O)N1CCNCC1. The van der Waals surface area contributed by atoms with Crippen LogP contribution in [0.1, 0.15) is 20.8 Å². The number of hydrogen-bond donors (Lipinski definition) is 1. The Labute approximate surface area is 96.4 Å². The van der Waals surface area contributed by atoms with Crippen LogP contribution < -0.4 is 5.32 Å². The molecule has 0 aromatic heterocycles. The van der Waals surface area contributed by atoms with Crippen LogP contribution in [0.5, 0.6) is 0 Å². The topological polar surface area (TPSA) is 65.4 Å². The molecule has 5 nitrogen and oxygen atoms in total. The van der Waals surface area contributed by atoms with E-state index in [0.717, 1.165) is 13.1 Å². The van der Waals surface area contributed by atoms with Crippen molar-refractivity contribution in [2.75, 3.05) is 26.2 Å². The van der Waals surface area contributed by atoms with Crippen LogP contribution in [0.25, 0.3) is 0 Å². The van der Waals surface area contributed by atoms with Gasteiger partial charge in [-0.15, -0.1) is 0 Å². The summed E-state index contributed by atoms with van der Waals surface area (Å²) >= 11 is 0. The first-order chi connectivity index (χ1) is 7.45. The van der Waals surface area contributed by atoms with Crippen LogP contribution >= 0.6 is 0 Å². The molecule has 1 aliphatic rings. The van der Waals surface area contributed by atoms with Gasteiger partial charge < -0.3 is 15.0 Å². The summed E-state index contributed by atoms with van der Waals surface area (Å²) in [7, 11) is 0. The highest BCUT2D eigenvalue weighted by molar-refractivity contribution is 5.68. The molecular formula is C11H19N3O2. The molecule has 1 saturated heterocycles. The Bertz CT molecular complexity index is 285. The number of amides is 1. The molecule has 0 aromatic carbocycles. The van der Waals surface area contributed by atoms with E-state index < -0.39 is 6.10 Å². The molecule has 0 saturated carbocycles. The largest absolute Gasteiger partial charge is 0.430 e. The fourth-order valence-corrected chi connectivity index (χ4v) is 1.42. The minimum absolute atomic E-state index is 0.349. The van der Waals surface area contributed by atoms with Crippen molar-refractivity contribution in [2.45, 2.75) is 26.9 Å². The summed E-state index contributed by atoms with van der Waals surface area (Å²) in [5.74, 6) is 0. The fraction of sp³-hybridized carbons (Fsp3) is 0.818. The molecule has 0 aromatic rings. The van der Waals surface area contributed by atoms with E-state index in [2.05, 4.69) is 5.32 Å². The van der Waals surface area contributed by atoms with E-state index in [1.54, 1.807) is 4.90 Å². The smallest absolute Gasteiger partial charge is 0.411 e. The normalized spacial score (nSPS) is 18.8. The van der Waals surface area contributed by atoms with E-state index in [-0.39, 0.29) is 11.5 Å². The lowest BCUT2D eigenvalue weighted by Gasteiger charge is -2.30. The Morgan fingerprint density at radius 1 is 1.44 bits per heavy atom. The van der Waals surface area contributed by atoms with Crippen LogP contribution in [0.3, 0.4) is 0 Å². The summed E-state index contributed by atoms with van der Waals surface area (Å²) in [5.41, 5.74) is -0.349. The Balaban J connectivity index is 2.52. The summed E-state index contributed by atoms with van der Waals surface area (Å²) in [6.07, 6.45) is -1.09. The van der Waals surface area contributed by atoms with Gasteiger partial charge >= 0.3 is 6.09 Å². The lowest BCUT2D eigenvalue weighted by molar-refractivity contribution is 0.0368. The number of piperazine rings is 1. The van der Waals surface area contributed by atoms with E-state index >= 15 is 0 Å². The minimum Gasteiger partial charge on any atom is -0.430 e. The molecule has 1 atom stereocenters. The summed E-state index contributed by atoms with van der Waals surface area (Å²) in [6.45, 7) is 8.48. The summed E-state index contributed by atoms with van der Waals surface area (Å²) in [4.78, 5) is 13.4. The third-order valence-corrected chi connectivity index (χ3v) is 2.50. The van der Waals surface area contributed by atoms with E-state index in [9.17, 15) is 4.79 Å². The monoisotopic (exact) mass is 225 g/mol. The van der Waals surface area contributed by atoms with Gasteiger partial charge in [-0.25, -0.2) is 4.79 Å². The molecule has 1 unspecified atom stereocenters. The van der Waals surface area contributed by atoms with Gasteiger partial charge in [-0.3, -0.25) is 0 Å². The van der Waals surface area contributed by atoms with Crippen LogP contribution in [-0.2, 0) is 4.74 Å². The first kappa shape index (κ1) is 12.8. The zero-order valence-electron chi connectivity index (χ0n) is 10.1. The van der Waals surface area contributed by atoms with Crippen LogP contribution in [-0.4, -0.2) is 43.3 Å². The molecule has 0 bridgehead atoms. The van der Waals surface area contributed by atoms with Gasteiger partial charge in [-0.05, 0) is 0 Å². The standard InChI is InChI=1S/C11H19N3O2/c1-11(2,3)9(8-12)16-10(15)14-6-4-13-5-7-14/h9,13H,4-7H2,1-3H3. The van der Waals surface area contributed by atoms with Crippen molar-refractivity contribution in [3.8, 4) is 6.07 Å². The minimum atomic E-state index is -0.699. The van der Waals surface area contributed by atoms with Crippen molar-refractivity contribution in [3.63, 3.8) is 0 Å². The van der Waals surface area contributed by atoms with Gasteiger partial charge in [-0.2, -0.15) is 5.26 Å². The van der Waals surface area contributed by atoms with Crippen molar-refractivity contribution in [3.05, 3.63) is 0 Å². The van der Waals surface area contributed by atoms with Crippen molar-refractivity contribution in [1.29, 1.82) is 5.26 Å². The van der Waals surface area contributed by atoms with Crippen molar-refractivity contribution in [2.24, 2.45) is 5.41 Å². The molecule has 0 spiro atoms. The predicted molar refractivity (Wildman–Crippen MR) is 59.8 cm³/mol. The molecule has 1 amide bonds. The second kappa shape index (κ2) is 5.17. The summed E-state index contributed by atoms with van der Waals surface area (Å²) in [6, 6.07) is 2.03. The molecule has 1 N–H and O–H groups in total. The summed E-state index contributed by atoms with van der Waals surface area (Å²) in [5, 5.41) is 12.1. The van der Waals surface area contributed by atoms with Crippen LogP contribution in [0, 0.1) is 16.7 Å². The van der Waals surface area contributed by atoms with Gasteiger partial charge in [0.25, 0.3) is 0 Å². The number of nitrogens with zero attached hydrogens (tertiary/aromatic N) is 2. The van der Waals surface area contributed by atoms with Crippen molar-refractivity contribution < 1.29 is 9.53 Å². The van der Waals surface area contributed by atoms with Gasteiger partial charge in [0.05, 0.1) is 0 Å². The number of nitrogens with one attached hydrogen (secondary N) is 1. The Morgan fingerprint density at radius 2 is 2.00 bits per heavy atom. The first-order valence-electron chi connectivity index (χ1n) is 5.51. The molecule has 1 fully saturated rings. The molecule has 1 rings (SSSR count). The lowest BCUT2D eigenvalue weighted by Crippen LogP contribution is -2.48. The Morgan fingerprint density at radius 3 is 2.44 bits per heavy atom. The number of nitriles is 1. The highest BCUT2D eigenvalue weighted by Gasteiger charge is 2.30. The van der Waals surface area contributed by atoms with E-state index in [1.807, 2.05) is 26.8 Å². The molecule has 0 aliphatic carbocycles. The third kappa shape index (κ3) is 3.38. The second-order valence-corrected chi connectivity index (χ2v) is 5.00. The summed E-state index contributed by atoms with van der Waals surface area (Å²) < 4.78 is 5.20. The number of rotatable bonds is 1. The molecule has 1 heterocycles. The highest BCUT2D eigenvalue weighted by atomic mass is 16.6. The van der Waals surface area contributed by atoms with E-state index in [0.29, 0.717) is 13.1 Å². The molecule has 0 radical (unpaired) electrons. The quantitative estimate of drug-likeness (QED) is 0.722. The first-order valence-corrected chi connectivity index (χ1v) is 5.51. The van der Waals surface area contributed by atoms with Crippen LogP contribution in [0.2, 0.25) is 0 Å². The number of carbonyl (C=O) groups excluding carboxylic acids is 1. The Hall–Kier alpha value is -1.28. The third-order valence-electron chi connectivity index (χ3n) is 2.50. The number of hydrogen-bond acceptors (Lipinski definition) is 4. The molecule has 90 valence electrons.